The summed E-state index contributed by atoms with van der Waals surface area (Å²) in [6.45, 7) is 1.99. The predicted molar refractivity (Wildman–Crippen MR) is 53.1 cm³/mol. The van der Waals surface area contributed by atoms with E-state index in [2.05, 4.69) is 9.88 Å². The second-order valence-corrected chi connectivity index (χ2v) is 3.68. The lowest BCUT2D eigenvalue weighted by molar-refractivity contribution is 0.276. The standard InChI is InChI=1S/C10H16N2O2/c13-7-9-8-14-10(11-9)12-5-3-1-2-4-6-12/h8,13H,1-7H2. The first kappa shape index (κ1) is 9.52. The highest BCUT2D eigenvalue weighted by Gasteiger charge is 2.14. The quantitative estimate of drug-likeness (QED) is 0.779. The van der Waals surface area contributed by atoms with Crippen LogP contribution in [0, 0.1) is 0 Å². The molecule has 4 heteroatoms. The van der Waals surface area contributed by atoms with Crippen molar-refractivity contribution in [2.45, 2.75) is 32.3 Å². The van der Waals surface area contributed by atoms with Gasteiger partial charge in [0.05, 0.1) is 6.61 Å². The molecular weight excluding hydrogens is 180 g/mol. The van der Waals surface area contributed by atoms with Crippen LogP contribution in [0.4, 0.5) is 6.01 Å². The van der Waals surface area contributed by atoms with Crippen molar-refractivity contribution in [1.29, 1.82) is 0 Å². The normalized spacial score (nSPS) is 18.2. The van der Waals surface area contributed by atoms with Gasteiger partial charge in [0.2, 0.25) is 0 Å². The van der Waals surface area contributed by atoms with Crippen LogP contribution >= 0.6 is 0 Å². The van der Waals surface area contributed by atoms with Gasteiger partial charge in [-0.3, -0.25) is 0 Å². The third kappa shape index (κ3) is 2.07. The lowest BCUT2D eigenvalue weighted by atomic mass is 10.2. The van der Waals surface area contributed by atoms with Crippen LogP contribution in [0.1, 0.15) is 31.4 Å². The molecule has 0 bridgehead atoms. The number of aromatic nitrogens is 1. The average Bonchev–Trinajstić information content (AvgIpc) is 2.53. The zero-order valence-corrected chi connectivity index (χ0v) is 8.28. The van der Waals surface area contributed by atoms with Gasteiger partial charge in [-0.25, -0.2) is 0 Å². The summed E-state index contributed by atoms with van der Waals surface area (Å²) in [6.07, 6.45) is 6.53. The van der Waals surface area contributed by atoms with Crippen LogP contribution in [-0.2, 0) is 6.61 Å². The van der Waals surface area contributed by atoms with Crippen molar-refractivity contribution in [1.82, 2.24) is 4.98 Å². The van der Waals surface area contributed by atoms with Crippen molar-refractivity contribution in [3.05, 3.63) is 12.0 Å². The van der Waals surface area contributed by atoms with E-state index < -0.39 is 0 Å². The molecule has 0 aliphatic carbocycles. The van der Waals surface area contributed by atoms with Crippen molar-refractivity contribution >= 4 is 6.01 Å². The summed E-state index contributed by atoms with van der Waals surface area (Å²) >= 11 is 0. The van der Waals surface area contributed by atoms with E-state index in [1.807, 2.05) is 0 Å². The molecule has 14 heavy (non-hydrogen) atoms. The number of nitrogens with zero attached hydrogens (tertiary/aromatic N) is 2. The minimum absolute atomic E-state index is 0.0443. The molecule has 1 saturated heterocycles. The number of oxazole rings is 1. The van der Waals surface area contributed by atoms with E-state index in [0.29, 0.717) is 11.7 Å². The first-order valence-electron chi connectivity index (χ1n) is 5.20. The van der Waals surface area contributed by atoms with Gasteiger partial charge in [0.1, 0.15) is 12.0 Å². The number of aliphatic hydroxyl groups excluding tert-OH is 1. The van der Waals surface area contributed by atoms with E-state index in [0.717, 1.165) is 13.1 Å². The van der Waals surface area contributed by atoms with Crippen LogP contribution in [0.2, 0.25) is 0 Å². The molecule has 0 aromatic carbocycles. The number of anilines is 1. The molecule has 0 saturated carbocycles. The highest BCUT2D eigenvalue weighted by atomic mass is 16.4. The minimum atomic E-state index is -0.0443. The van der Waals surface area contributed by atoms with Crippen molar-refractivity contribution in [2.75, 3.05) is 18.0 Å². The van der Waals surface area contributed by atoms with E-state index in [9.17, 15) is 0 Å². The molecule has 78 valence electrons. The fourth-order valence-corrected chi connectivity index (χ4v) is 1.78. The van der Waals surface area contributed by atoms with Crippen molar-refractivity contribution in [3.63, 3.8) is 0 Å². The van der Waals surface area contributed by atoms with Gasteiger partial charge in [-0.05, 0) is 12.8 Å². The molecule has 2 rings (SSSR count). The summed E-state index contributed by atoms with van der Waals surface area (Å²) in [5.74, 6) is 0. The molecule has 1 aromatic rings. The maximum atomic E-state index is 8.86. The van der Waals surface area contributed by atoms with Gasteiger partial charge in [-0.2, -0.15) is 4.98 Å². The molecule has 0 amide bonds. The summed E-state index contributed by atoms with van der Waals surface area (Å²) in [7, 11) is 0. The first-order valence-corrected chi connectivity index (χ1v) is 5.20. The maximum absolute atomic E-state index is 8.86. The molecule has 1 N–H and O–H groups in total. The smallest absolute Gasteiger partial charge is 0.297 e. The zero-order chi connectivity index (χ0) is 9.80. The monoisotopic (exact) mass is 196 g/mol. The lowest BCUT2D eigenvalue weighted by Crippen LogP contribution is -2.24. The van der Waals surface area contributed by atoms with Gasteiger partial charge in [-0.1, -0.05) is 12.8 Å². The van der Waals surface area contributed by atoms with Crippen LogP contribution < -0.4 is 4.90 Å². The van der Waals surface area contributed by atoms with E-state index in [1.165, 1.54) is 31.9 Å². The molecule has 4 nitrogen and oxygen atoms in total. The summed E-state index contributed by atoms with van der Waals surface area (Å²) < 4.78 is 5.31. The van der Waals surface area contributed by atoms with Crippen LogP contribution in [0.3, 0.4) is 0 Å². The van der Waals surface area contributed by atoms with Gasteiger partial charge < -0.3 is 14.4 Å². The van der Waals surface area contributed by atoms with Gasteiger partial charge in [0.25, 0.3) is 6.01 Å². The van der Waals surface area contributed by atoms with Crippen molar-refractivity contribution in [2.24, 2.45) is 0 Å². The summed E-state index contributed by atoms with van der Waals surface area (Å²) in [5, 5.41) is 8.86. The Kier molecular flexibility index (Phi) is 3.03. The number of hydrogen-bond donors (Lipinski definition) is 1. The predicted octanol–water partition coefficient (Wildman–Crippen LogP) is 1.55. The Morgan fingerprint density at radius 1 is 1.29 bits per heavy atom. The van der Waals surface area contributed by atoms with Gasteiger partial charge in [0, 0.05) is 13.1 Å². The van der Waals surface area contributed by atoms with Crippen LogP contribution in [-0.4, -0.2) is 23.2 Å². The molecule has 1 aliphatic rings. The highest BCUT2D eigenvalue weighted by molar-refractivity contribution is 5.26. The summed E-state index contributed by atoms with van der Waals surface area (Å²) in [6, 6.07) is 0.663. The molecule has 0 atom stereocenters. The minimum Gasteiger partial charge on any atom is -0.432 e. The molecule has 0 unspecified atom stereocenters. The van der Waals surface area contributed by atoms with Crippen LogP contribution in [0.5, 0.6) is 0 Å². The van der Waals surface area contributed by atoms with Crippen molar-refractivity contribution in [3.8, 4) is 0 Å². The maximum Gasteiger partial charge on any atom is 0.297 e. The van der Waals surface area contributed by atoms with Crippen LogP contribution in [0.25, 0.3) is 0 Å². The number of rotatable bonds is 2. The second kappa shape index (κ2) is 4.46. The highest BCUT2D eigenvalue weighted by Crippen LogP contribution is 2.18. The topological polar surface area (TPSA) is 49.5 Å². The molecule has 2 heterocycles. The Labute approximate surface area is 83.5 Å². The summed E-state index contributed by atoms with van der Waals surface area (Å²) in [4.78, 5) is 6.36. The van der Waals surface area contributed by atoms with Crippen molar-refractivity contribution < 1.29 is 9.52 Å². The Bertz CT molecular complexity index is 277. The molecular formula is C10H16N2O2. The third-order valence-corrected chi connectivity index (χ3v) is 2.58. The largest absolute Gasteiger partial charge is 0.432 e. The van der Waals surface area contributed by atoms with Gasteiger partial charge in [0.15, 0.2) is 0 Å². The SMILES string of the molecule is OCc1coc(N2CCCCCC2)n1. The Morgan fingerprint density at radius 3 is 2.57 bits per heavy atom. The summed E-state index contributed by atoms with van der Waals surface area (Å²) in [5.41, 5.74) is 0.615. The number of aliphatic hydroxyl groups is 1. The van der Waals surface area contributed by atoms with E-state index >= 15 is 0 Å². The van der Waals surface area contributed by atoms with E-state index in [4.69, 9.17) is 9.52 Å². The Morgan fingerprint density at radius 2 is 2.00 bits per heavy atom. The number of hydrogen-bond acceptors (Lipinski definition) is 4. The fraction of sp³-hybridized carbons (Fsp3) is 0.700. The molecule has 0 radical (unpaired) electrons. The average molecular weight is 196 g/mol. The van der Waals surface area contributed by atoms with Gasteiger partial charge >= 0.3 is 0 Å². The first-order chi connectivity index (χ1) is 6.90. The van der Waals surface area contributed by atoms with Crippen LogP contribution in [0.15, 0.2) is 10.7 Å². The third-order valence-electron chi connectivity index (χ3n) is 2.58. The lowest BCUT2D eigenvalue weighted by Gasteiger charge is -2.16. The Balaban J connectivity index is 2.04. The fourth-order valence-electron chi connectivity index (χ4n) is 1.78. The molecule has 0 spiro atoms. The zero-order valence-electron chi connectivity index (χ0n) is 8.28. The second-order valence-electron chi connectivity index (χ2n) is 3.68. The molecule has 1 fully saturated rings. The van der Waals surface area contributed by atoms with E-state index in [-0.39, 0.29) is 6.61 Å². The molecule has 1 aromatic heterocycles. The molecule has 1 aliphatic heterocycles. The van der Waals surface area contributed by atoms with E-state index in [1.54, 1.807) is 0 Å². The van der Waals surface area contributed by atoms with Gasteiger partial charge in [-0.15, -0.1) is 0 Å². The Hall–Kier alpha value is -1.03.